The zero-order valence-corrected chi connectivity index (χ0v) is 13.6. The van der Waals surface area contributed by atoms with Crippen LogP contribution in [0, 0.1) is 0 Å². The molecule has 2 rings (SSSR count). The number of nitrogens with one attached hydrogen (secondary N) is 1. The van der Waals surface area contributed by atoms with Gasteiger partial charge in [-0.1, -0.05) is 45.0 Å². The Hall–Kier alpha value is -1.68. The molecule has 0 bridgehead atoms. The van der Waals surface area contributed by atoms with Gasteiger partial charge in [0.25, 0.3) is 0 Å². The maximum atomic E-state index is 4.45. The van der Waals surface area contributed by atoms with Gasteiger partial charge in [-0.05, 0) is 43.5 Å². The first-order chi connectivity index (χ1) is 10.2. The summed E-state index contributed by atoms with van der Waals surface area (Å²) in [5.41, 5.74) is 4.72. The summed E-state index contributed by atoms with van der Waals surface area (Å²) in [5, 5.41) is 12.3. The van der Waals surface area contributed by atoms with E-state index >= 15 is 0 Å². The molecule has 0 aliphatic carbocycles. The van der Waals surface area contributed by atoms with Crippen molar-refractivity contribution < 1.29 is 0 Å². The average molecular weight is 286 g/mol. The summed E-state index contributed by atoms with van der Waals surface area (Å²) >= 11 is 0. The maximum absolute atomic E-state index is 4.45. The fourth-order valence-electron chi connectivity index (χ4n) is 2.68. The van der Waals surface area contributed by atoms with Crippen molar-refractivity contribution >= 4 is 0 Å². The Kier molecular flexibility index (Phi) is 5.51. The first-order valence-electron chi connectivity index (χ1n) is 8.02. The topological polar surface area (TPSA) is 42.7 Å². The van der Waals surface area contributed by atoms with Crippen molar-refractivity contribution in [3.05, 3.63) is 41.2 Å². The van der Waals surface area contributed by atoms with Gasteiger partial charge in [0.1, 0.15) is 5.69 Å². The molecule has 1 N–H and O–H groups in total. The summed E-state index contributed by atoms with van der Waals surface area (Å²) in [6, 6.07) is 8.87. The highest BCUT2D eigenvalue weighted by Gasteiger charge is 2.19. The zero-order chi connectivity index (χ0) is 15.2. The minimum absolute atomic E-state index is 0.286. The van der Waals surface area contributed by atoms with Crippen molar-refractivity contribution in [1.82, 2.24) is 20.3 Å². The van der Waals surface area contributed by atoms with Gasteiger partial charge in [0.05, 0.1) is 17.4 Å². The Morgan fingerprint density at radius 3 is 2.29 bits per heavy atom. The van der Waals surface area contributed by atoms with Crippen LogP contribution in [0.1, 0.15) is 57.1 Å². The molecule has 0 aliphatic heterocycles. The van der Waals surface area contributed by atoms with E-state index in [9.17, 15) is 0 Å². The molecule has 0 spiro atoms. The highest BCUT2D eigenvalue weighted by atomic mass is 15.4. The number of nitrogens with zero attached hydrogens (tertiary/aromatic N) is 3. The van der Waals surface area contributed by atoms with Crippen molar-refractivity contribution in [2.45, 2.75) is 53.0 Å². The van der Waals surface area contributed by atoms with E-state index in [1.54, 1.807) is 0 Å². The lowest BCUT2D eigenvalue weighted by molar-refractivity contribution is 0.520. The van der Waals surface area contributed by atoms with Crippen LogP contribution in [0.15, 0.2) is 24.3 Å². The minimum atomic E-state index is 0.286. The molecule has 21 heavy (non-hydrogen) atoms. The molecule has 1 atom stereocenters. The maximum Gasteiger partial charge on any atom is 0.103 e. The standard InChI is InChI=1S/C17H26N4/c1-5-13-9-11-14(12-10-13)21-16(7-3)17(19-20-21)15(6-2)18-8-4/h9-12,15,18H,5-8H2,1-4H3. The van der Waals surface area contributed by atoms with Gasteiger partial charge in [-0.15, -0.1) is 5.10 Å². The van der Waals surface area contributed by atoms with Crippen LogP contribution >= 0.6 is 0 Å². The van der Waals surface area contributed by atoms with E-state index < -0.39 is 0 Å². The molecule has 4 nitrogen and oxygen atoms in total. The number of hydrogen-bond donors (Lipinski definition) is 1. The second-order valence-corrected chi connectivity index (χ2v) is 5.23. The lowest BCUT2D eigenvalue weighted by atomic mass is 10.1. The molecule has 4 heteroatoms. The fraction of sp³-hybridized carbons (Fsp3) is 0.529. The van der Waals surface area contributed by atoms with E-state index in [-0.39, 0.29) is 6.04 Å². The molecule has 1 heterocycles. The van der Waals surface area contributed by atoms with Gasteiger partial charge in [0, 0.05) is 0 Å². The molecule has 1 unspecified atom stereocenters. The molecule has 0 radical (unpaired) electrons. The molecule has 0 fully saturated rings. The summed E-state index contributed by atoms with van der Waals surface area (Å²) < 4.78 is 1.98. The Labute approximate surface area is 127 Å². The fourth-order valence-corrected chi connectivity index (χ4v) is 2.68. The smallest absolute Gasteiger partial charge is 0.103 e. The van der Waals surface area contributed by atoms with E-state index in [0.717, 1.165) is 37.2 Å². The van der Waals surface area contributed by atoms with Gasteiger partial charge < -0.3 is 5.32 Å². The number of rotatable bonds is 7. The van der Waals surface area contributed by atoms with Gasteiger partial charge in [-0.2, -0.15) is 0 Å². The normalized spacial score (nSPS) is 12.6. The van der Waals surface area contributed by atoms with E-state index in [1.165, 1.54) is 11.3 Å². The first-order valence-corrected chi connectivity index (χ1v) is 8.02. The number of hydrogen-bond acceptors (Lipinski definition) is 3. The third-order valence-corrected chi connectivity index (χ3v) is 3.91. The molecule has 2 aromatic rings. The second-order valence-electron chi connectivity index (χ2n) is 5.23. The molecule has 1 aromatic carbocycles. The third-order valence-electron chi connectivity index (χ3n) is 3.91. The van der Waals surface area contributed by atoms with Gasteiger partial charge in [0.2, 0.25) is 0 Å². The van der Waals surface area contributed by atoms with Crippen LogP contribution in [-0.2, 0) is 12.8 Å². The molecule has 0 amide bonds. The number of benzene rings is 1. The predicted molar refractivity (Wildman–Crippen MR) is 86.8 cm³/mol. The van der Waals surface area contributed by atoms with E-state index in [4.69, 9.17) is 0 Å². The van der Waals surface area contributed by atoms with E-state index in [1.807, 2.05) is 4.68 Å². The van der Waals surface area contributed by atoms with Crippen LogP contribution in [0.2, 0.25) is 0 Å². The quantitative estimate of drug-likeness (QED) is 0.847. The van der Waals surface area contributed by atoms with Crippen molar-refractivity contribution in [3.63, 3.8) is 0 Å². The Bertz CT molecular complexity index is 557. The highest BCUT2D eigenvalue weighted by Crippen LogP contribution is 2.22. The minimum Gasteiger partial charge on any atom is -0.309 e. The average Bonchev–Trinajstić information content (AvgIpc) is 2.96. The van der Waals surface area contributed by atoms with Crippen LogP contribution in [0.5, 0.6) is 0 Å². The monoisotopic (exact) mass is 286 g/mol. The zero-order valence-electron chi connectivity index (χ0n) is 13.6. The van der Waals surface area contributed by atoms with Crippen LogP contribution in [0.3, 0.4) is 0 Å². The molecular formula is C17H26N4. The van der Waals surface area contributed by atoms with Crippen LogP contribution in [0.4, 0.5) is 0 Å². The highest BCUT2D eigenvalue weighted by molar-refractivity contribution is 5.36. The van der Waals surface area contributed by atoms with Crippen LogP contribution in [0.25, 0.3) is 5.69 Å². The van der Waals surface area contributed by atoms with E-state index in [2.05, 4.69) is 67.6 Å². The van der Waals surface area contributed by atoms with Gasteiger partial charge in [-0.3, -0.25) is 0 Å². The lowest BCUT2D eigenvalue weighted by Gasteiger charge is -2.15. The Balaban J connectivity index is 2.38. The summed E-state index contributed by atoms with van der Waals surface area (Å²) in [6.07, 6.45) is 3.01. The molecule has 0 aliphatic rings. The van der Waals surface area contributed by atoms with Crippen LogP contribution in [-0.4, -0.2) is 21.5 Å². The predicted octanol–water partition coefficient (Wildman–Crippen LogP) is 3.45. The SMILES string of the molecule is CCNC(CC)c1nnn(-c2ccc(CC)cc2)c1CC. The van der Waals surface area contributed by atoms with Crippen molar-refractivity contribution in [3.8, 4) is 5.69 Å². The Morgan fingerprint density at radius 1 is 1.05 bits per heavy atom. The summed E-state index contributed by atoms with van der Waals surface area (Å²) in [5.74, 6) is 0. The summed E-state index contributed by atoms with van der Waals surface area (Å²) in [7, 11) is 0. The summed E-state index contributed by atoms with van der Waals surface area (Å²) in [4.78, 5) is 0. The summed E-state index contributed by atoms with van der Waals surface area (Å²) in [6.45, 7) is 9.59. The molecule has 0 saturated heterocycles. The number of aryl methyl sites for hydroxylation is 1. The van der Waals surface area contributed by atoms with E-state index in [0.29, 0.717) is 0 Å². The van der Waals surface area contributed by atoms with Gasteiger partial charge in [-0.25, -0.2) is 4.68 Å². The Morgan fingerprint density at radius 2 is 1.76 bits per heavy atom. The lowest BCUT2D eigenvalue weighted by Crippen LogP contribution is -2.21. The second kappa shape index (κ2) is 7.36. The molecular weight excluding hydrogens is 260 g/mol. The molecule has 114 valence electrons. The molecule has 1 aromatic heterocycles. The molecule has 0 saturated carbocycles. The van der Waals surface area contributed by atoms with Crippen LogP contribution < -0.4 is 5.32 Å². The van der Waals surface area contributed by atoms with Crippen molar-refractivity contribution in [1.29, 1.82) is 0 Å². The van der Waals surface area contributed by atoms with Crippen molar-refractivity contribution in [2.75, 3.05) is 6.54 Å². The largest absolute Gasteiger partial charge is 0.309 e. The van der Waals surface area contributed by atoms with Gasteiger partial charge >= 0.3 is 0 Å². The third kappa shape index (κ3) is 3.32. The van der Waals surface area contributed by atoms with Crippen molar-refractivity contribution in [2.24, 2.45) is 0 Å². The van der Waals surface area contributed by atoms with Gasteiger partial charge in [0.15, 0.2) is 0 Å². The first kappa shape index (κ1) is 15.7. The number of aromatic nitrogens is 3.